The van der Waals surface area contributed by atoms with Gasteiger partial charge in [0.2, 0.25) is 0 Å². The standard InChI is InChI=1S/C25H31ClN4O4/c1-4-13-27-25(32)29(14-15-33-2)17-24(31)30-23(19-5-9-20(26)10-6-19)16-22(28-30)18-7-11-21(34-3)12-8-18/h5-12,23H,4,13-17H2,1-3H3,(H,27,32). The van der Waals surface area contributed by atoms with E-state index in [-0.39, 0.29) is 24.5 Å². The van der Waals surface area contributed by atoms with E-state index in [9.17, 15) is 9.59 Å². The predicted molar refractivity (Wildman–Crippen MR) is 132 cm³/mol. The summed E-state index contributed by atoms with van der Waals surface area (Å²) in [5.74, 6) is 0.475. The zero-order valence-corrected chi connectivity index (χ0v) is 20.5. The Morgan fingerprint density at radius 1 is 1.15 bits per heavy atom. The molecule has 1 heterocycles. The van der Waals surface area contributed by atoms with Crippen LogP contribution >= 0.6 is 11.6 Å². The fourth-order valence-electron chi connectivity index (χ4n) is 3.68. The molecule has 2 aromatic carbocycles. The van der Waals surface area contributed by atoms with Crippen molar-refractivity contribution >= 4 is 29.3 Å². The molecule has 34 heavy (non-hydrogen) atoms. The number of hydrazone groups is 1. The van der Waals surface area contributed by atoms with Crippen LogP contribution in [0.25, 0.3) is 0 Å². The molecule has 0 bridgehead atoms. The van der Waals surface area contributed by atoms with Gasteiger partial charge in [-0.3, -0.25) is 4.79 Å². The number of methoxy groups -OCH3 is 2. The number of rotatable bonds is 10. The molecule has 0 aromatic heterocycles. The Hall–Kier alpha value is -3.10. The molecule has 182 valence electrons. The summed E-state index contributed by atoms with van der Waals surface area (Å²) in [6, 6.07) is 14.4. The Morgan fingerprint density at radius 2 is 1.85 bits per heavy atom. The minimum Gasteiger partial charge on any atom is -0.497 e. The highest BCUT2D eigenvalue weighted by Crippen LogP contribution is 2.33. The molecule has 3 amide bonds. The van der Waals surface area contributed by atoms with Crippen molar-refractivity contribution in [1.29, 1.82) is 0 Å². The molecule has 0 saturated carbocycles. The number of nitrogens with zero attached hydrogens (tertiary/aromatic N) is 3. The van der Waals surface area contributed by atoms with Gasteiger partial charge in [-0.2, -0.15) is 5.10 Å². The maximum Gasteiger partial charge on any atom is 0.317 e. The third kappa shape index (κ3) is 6.48. The van der Waals surface area contributed by atoms with Gasteiger partial charge in [0.1, 0.15) is 12.3 Å². The Bertz CT molecular complexity index is 995. The molecule has 3 rings (SSSR count). The normalized spacial score (nSPS) is 15.1. The van der Waals surface area contributed by atoms with Crippen molar-refractivity contribution in [3.05, 3.63) is 64.7 Å². The van der Waals surface area contributed by atoms with Crippen molar-refractivity contribution in [2.45, 2.75) is 25.8 Å². The molecule has 1 unspecified atom stereocenters. The minimum atomic E-state index is -0.301. The maximum atomic E-state index is 13.4. The summed E-state index contributed by atoms with van der Waals surface area (Å²) in [5, 5.41) is 9.62. The van der Waals surface area contributed by atoms with Crippen LogP contribution in [0.5, 0.6) is 5.75 Å². The van der Waals surface area contributed by atoms with Gasteiger partial charge >= 0.3 is 6.03 Å². The molecule has 1 aliphatic rings. The quantitative estimate of drug-likeness (QED) is 0.548. The van der Waals surface area contributed by atoms with Gasteiger partial charge in [0.05, 0.1) is 25.5 Å². The molecular weight excluding hydrogens is 456 g/mol. The Balaban J connectivity index is 1.86. The first kappa shape index (κ1) is 25.5. The first-order chi connectivity index (χ1) is 16.5. The van der Waals surface area contributed by atoms with E-state index in [4.69, 9.17) is 21.1 Å². The molecule has 0 saturated heterocycles. The SMILES string of the molecule is CCCNC(=O)N(CCOC)CC(=O)N1N=C(c2ccc(OC)cc2)CC1c1ccc(Cl)cc1. The number of benzene rings is 2. The lowest BCUT2D eigenvalue weighted by atomic mass is 9.98. The van der Waals surface area contributed by atoms with Crippen LogP contribution in [0.4, 0.5) is 4.79 Å². The number of ether oxygens (including phenoxy) is 2. The molecule has 0 spiro atoms. The molecule has 9 heteroatoms. The zero-order valence-electron chi connectivity index (χ0n) is 19.8. The second kappa shape index (κ2) is 12.4. The monoisotopic (exact) mass is 486 g/mol. The van der Waals surface area contributed by atoms with Gasteiger partial charge in [-0.1, -0.05) is 30.7 Å². The van der Waals surface area contributed by atoms with E-state index in [1.54, 1.807) is 26.4 Å². The van der Waals surface area contributed by atoms with Crippen molar-refractivity contribution < 1.29 is 19.1 Å². The van der Waals surface area contributed by atoms with Crippen LogP contribution in [0.15, 0.2) is 53.6 Å². The molecule has 2 aromatic rings. The summed E-state index contributed by atoms with van der Waals surface area (Å²) in [6.45, 7) is 3.02. The molecule has 1 atom stereocenters. The largest absolute Gasteiger partial charge is 0.497 e. The second-order valence-electron chi connectivity index (χ2n) is 7.93. The highest BCUT2D eigenvalue weighted by molar-refractivity contribution is 6.30. The number of carbonyl (C=O) groups excluding carboxylic acids is 2. The van der Waals surface area contributed by atoms with Gasteiger partial charge < -0.3 is 19.7 Å². The van der Waals surface area contributed by atoms with E-state index in [1.807, 2.05) is 43.3 Å². The van der Waals surface area contributed by atoms with Crippen molar-refractivity contribution in [1.82, 2.24) is 15.2 Å². The van der Waals surface area contributed by atoms with Crippen LogP contribution in [0.1, 0.15) is 36.9 Å². The number of urea groups is 1. The number of amides is 3. The first-order valence-electron chi connectivity index (χ1n) is 11.3. The molecule has 0 radical (unpaired) electrons. The second-order valence-corrected chi connectivity index (χ2v) is 8.37. The number of nitrogens with one attached hydrogen (secondary N) is 1. The van der Waals surface area contributed by atoms with E-state index >= 15 is 0 Å². The van der Waals surface area contributed by atoms with Crippen LogP contribution in [0, 0.1) is 0 Å². The molecule has 0 fully saturated rings. The minimum absolute atomic E-state index is 0.109. The fourth-order valence-corrected chi connectivity index (χ4v) is 3.80. The van der Waals surface area contributed by atoms with Crippen LogP contribution in [0.2, 0.25) is 5.02 Å². The van der Waals surface area contributed by atoms with E-state index < -0.39 is 0 Å². The average Bonchev–Trinajstić information content (AvgIpc) is 3.31. The highest BCUT2D eigenvalue weighted by atomic mass is 35.5. The van der Waals surface area contributed by atoms with E-state index in [0.717, 1.165) is 29.0 Å². The maximum absolute atomic E-state index is 13.4. The van der Waals surface area contributed by atoms with Gasteiger partial charge in [-0.15, -0.1) is 0 Å². The van der Waals surface area contributed by atoms with E-state index in [1.165, 1.54) is 9.91 Å². The van der Waals surface area contributed by atoms with Gasteiger partial charge in [0, 0.05) is 31.6 Å². The van der Waals surface area contributed by atoms with Gasteiger partial charge in [-0.25, -0.2) is 9.80 Å². The summed E-state index contributed by atoms with van der Waals surface area (Å²) in [5.41, 5.74) is 2.62. The van der Waals surface area contributed by atoms with Crippen LogP contribution in [-0.4, -0.2) is 68.0 Å². The topological polar surface area (TPSA) is 83.5 Å². The van der Waals surface area contributed by atoms with Crippen LogP contribution in [-0.2, 0) is 9.53 Å². The van der Waals surface area contributed by atoms with Crippen LogP contribution in [0.3, 0.4) is 0 Å². The van der Waals surface area contributed by atoms with Crippen molar-refractivity contribution in [2.75, 3.05) is 40.5 Å². The van der Waals surface area contributed by atoms with Gasteiger partial charge in [0.15, 0.2) is 0 Å². The smallest absolute Gasteiger partial charge is 0.317 e. The van der Waals surface area contributed by atoms with Crippen molar-refractivity contribution in [3.8, 4) is 5.75 Å². The lowest BCUT2D eigenvalue weighted by molar-refractivity contribution is -0.133. The van der Waals surface area contributed by atoms with Crippen molar-refractivity contribution in [3.63, 3.8) is 0 Å². The van der Waals surface area contributed by atoms with Gasteiger partial charge in [-0.05, 0) is 53.9 Å². The van der Waals surface area contributed by atoms with Gasteiger partial charge in [0.25, 0.3) is 5.91 Å². The van der Waals surface area contributed by atoms with E-state index in [2.05, 4.69) is 10.4 Å². The van der Waals surface area contributed by atoms with Crippen LogP contribution < -0.4 is 10.1 Å². The fraction of sp³-hybridized carbons (Fsp3) is 0.400. The molecule has 0 aliphatic carbocycles. The predicted octanol–water partition coefficient (Wildman–Crippen LogP) is 4.09. The summed E-state index contributed by atoms with van der Waals surface area (Å²) in [7, 11) is 3.18. The summed E-state index contributed by atoms with van der Waals surface area (Å²) < 4.78 is 10.4. The van der Waals surface area contributed by atoms with Crippen molar-refractivity contribution in [2.24, 2.45) is 5.10 Å². The van der Waals surface area contributed by atoms with E-state index in [0.29, 0.717) is 31.1 Å². The third-order valence-electron chi connectivity index (χ3n) is 5.55. The number of hydrogen-bond donors (Lipinski definition) is 1. The number of halogens is 1. The number of hydrogen-bond acceptors (Lipinski definition) is 5. The zero-order chi connectivity index (χ0) is 24.5. The Labute approximate surface area is 205 Å². The summed E-state index contributed by atoms with van der Waals surface area (Å²) in [6.07, 6.45) is 1.35. The first-order valence-corrected chi connectivity index (χ1v) is 11.7. The summed E-state index contributed by atoms with van der Waals surface area (Å²) in [4.78, 5) is 27.5. The molecule has 8 nitrogen and oxygen atoms in total. The summed E-state index contributed by atoms with van der Waals surface area (Å²) >= 11 is 6.08. The Kier molecular flexibility index (Phi) is 9.30. The lowest BCUT2D eigenvalue weighted by Crippen LogP contribution is -2.47. The average molecular weight is 487 g/mol. The molecular formula is C25H31ClN4O4. The molecule has 1 N–H and O–H groups in total. The number of carbonyl (C=O) groups is 2. The molecule has 1 aliphatic heterocycles. The third-order valence-corrected chi connectivity index (χ3v) is 5.80. The highest BCUT2D eigenvalue weighted by Gasteiger charge is 2.34. The Morgan fingerprint density at radius 3 is 2.47 bits per heavy atom. The lowest BCUT2D eigenvalue weighted by Gasteiger charge is -2.27.